The lowest BCUT2D eigenvalue weighted by Gasteiger charge is -2.15. The maximum absolute atomic E-state index is 11.5. The van der Waals surface area contributed by atoms with Gasteiger partial charge in [0.25, 0.3) is 0 Å². The predicted octanol–water partition coefficient (Wildman–Crippen LogP) is 2.71. The maximum atomic E-state index is 11.5. The summed E-state index contributed by atoms with van der Waals surface area (Å²) in [6.45, 7) is 2.46. The van der Waals surface area contributed by atoms with E-state index in [0.717, 1.165) is 49.2 Å². The third-order valence-electron chi connectivity index (χ3n) is 3.67. The summed E-state index contributed by atoms with van der Waals surface area (Å²) in [4.78, 5) is 21.9. The molecule has 0 unspecified atom stereocenters. The second kappa shape index (κ2) is 6.26. The van der Waals surface area contributed by atoms with E-state index in [4.69, 9.17) is 11.6 Å². The van der Waals surface area contributed by atoms with Crippen LogP contribution in [0.5, 0.6) is 0 Å². The molecular weight excluding hydrogens is 288 g/mol. The summed E-state index contributed by atoms with van der Waals surface area (Å²) in [7, 11) is 0. The van der Waals surface area contributed by atoms with Crippen LogP contribution >= 0.6 is 11.6 Å². The molecule has 5 nitrogen and oxygen atoms in total. The molecule has 0 aliphatic carbocycles. The first kappa shape index (κ1) is 14.1. The summed E-state index contributed by atoms with van der Waals surface area (Å²) in [6, 6.07) is 5.57. The molecule has 1 aromatic carbocycles. The number of halogens is 1. The average molecular weight is 305 g/mol. The minimum atomic E-state index is 0.272. The fraction of sp³-hybridized carbons (Fsp3) is 0.400. The molecule has 0 bridgehead atoms. The minimum absolute atomic E-state index is 0.272. The smallest absolute Gasteiger partial charge is 0.222 e. The van der Waals surface area contributed by atoms with Gasteiger partial charge in [0.15, 0.2) is 0 Å². The van der Waals surface area contributed by atoms with Gasteiger partial charge < -0.3 is 10.2 Å². The highest BCUT2D eigenvalue weighted by Gasteiger charge is 2.18. The average Bonchev–Trinajstić information content (AvgIpc) is 2.89. The number of nitrogens with one attached hydrogen (secondary N) is 1. The number of carbonyl (C=O) groups is 1. The number of aromatic nitrogens is 2. The Hall–Kier alpha value is -1.88. The number of nitrogens with zero attached hydrogens (tertiary/aromatic N) is 3. The van der Waals surface area contributed by atoms with Crippen LogP contribution in [0.2, 0.25) is 5.02 Å². The first-order valence-electron chi connectivity index (χ1n) is 7.16. The molecule has 1 amide bonds. The van der Waals surface area contributed by atoms with E-state index < -0.39 is 0 Å². The van der Waals surface area contributed by atoms with Crippen molar-refractivity contribution in [3.05, 3.63) is 29.5 Å². The number of anilines is 1. The molecule has 0 saturated carbocycles. The van der Waals surface area contributed by atoms with Crippen LogP contribution < -0.4 is 5.32 Å². The van der Waals surface area contributed by atoms with E-state index in [-0.39, 0.29) is 5.91 Å². The zero-order valence-corrected chi connectivity index (χ0v) is 12.4. The van der Waals surface area contributed by atoms with Crippen LogP contribution in [0.4, 0.5) is 5.82 Å². The topological polar surface area (TPSA) is 58.1 Å². The van der Waals surface area contributed by atoms with Crippen molar-refractivity contribution >= 4 is 34.2 Å². The summed E-state index contributed by atoms with van der Waals surface area (Å²) in [5.41, 5.74) is 0.867. The van der Waals surface area contributed by atoms with Crippen LogP contribution in [0.15, 0.2) is 24.5 Å². The summed E-state index contributed by atoms with van der Waals surface area (Å²) in [6.07, 6.45) is 4.13. The zero-order chi connectivity index (χ0) is 14.7. The van der Waals surface area contributed by atoms with Crippen LogP contribution in [0, 0.1) is 0 Å². The monoisotopic (exact) mass is 304 g/mol. The first-order chi connectivity index (χ1) is 10.2. The maximum Gasteiger partial charge on any atom is 0.222 e. The van der Waals surface area contributed by atoms with Crippen LogP contribution in [-0.4, -0.2) is 40.4 Å². The summed E-state index contributed by atoms with van der Waals surface area (Å²) >= 11 is 6.03. The van der Waals surface area contributed by atoms with Crippen molar-refractivity contribution in [3.63, 3.8) is 0 Å². The van der Waals surface area contributed by atoms with Gasteiger partial charge in [-0.2, -0.15) is 0 Å². The minimum Gasteiger partial charge on any atom is -0.369 e. The van der Waals surface area contributed by atoms with Crippen molar-refractivity contribution in [2.75, 3.05) is 25.0 Å². The number of benzene rings is 1. The number of carbonyl (C=O) groups excluding carboxylic acids is 1. The molecule has 3 rings (SSSR count). The highest BCUT2D eigenvalue weighted by atomic mass is 35.5. The molecule has 0 radical (unpaired) electrons. The van der Waals surface area contributed by atoms with E-state index in [1.165, 1.54) is 0 Å². The number of fused-ring (bicyclic) bond motifs is 1. The molecule has 6 heteroatoms. The Morgan fingerprint density at radius 3 is 3.05 bits per heavy atom. The third-order valence-corrected chi connectivity index (χ3v) is 3.90. The lowest BCUT2D eigenvalue weighted by molar-refractivity contribution is -0.127. The van der Waals surface area contributed by atoms with Crippen LogP contribution in [0.3, 0.4) is 0 Å². The van der Waals surface area contributed by atoms with Crippen molar-refractivity contribution in [2.45, 2.75) is 19.3 Å². The number of likely N-dealkylation sites (tertiary alicyclic amines) is 1. The van der Waals surface area contributed by atoms with Gasteiger partial charge in [-0.1, -0.05) is 11.6 Å². The standard InChI is InChI=1S/C15H17ClN4O/c16-11-4-5-13-12(9-11)15(19-10-18-13)17-6-2-8-20-7-1-3-14(20)21/h4-5,9-10H,1-3,6-8H2,(H,17,18,19). The normalized spacial score (nSPS) is 14.9. The Balaban J connectivity index is 1.60. The lowest BCUT2D eigenvalue weighted by atomic mass is 10.2. The Kier molecular flexibility index (Phi) is 4.20. The van der Waals surface area contributed by atoms with Crippen molar-refractivity contribution in [1.82, 2.24) is 14.9 Å². The SMILES string of the molecule is O=C1CCCN1CCCNc1ncnc2ccc(Cl)cc12. The molecule has 2 aromatic rings. The summed E-state index contributed by atoms with van der Waals surface area (Å²) < 4.78 is 0. The van der Waals surface area contributed by atoms with Crippen molar-refractivity contribution in [2.24, 2.45) is 0 Å². The van der Waals surface area contributed by atoms with Crippen LogP contribution in [-0.2, 0) is 4.79 Å². The molecule has 110 valence electrons. The summed E-state index contributed by atoms with van der Waals surface area (Å²) in [5, 5.41) is 4.89. The Bertz CT molecular complexity index is 661. The fourth-order valence-corrected chi connectivity index (χ4v) is 2.76. The van der Waals surface area contributed by atoms with Gasteiger partial charge in [0.2, 0.25) is 5.91 Å². The van der Waals surface area contributed by atoms with Crippen LogP contribution in [0.25, 0.3) is 10.9 Å². The van der Waals surface area contributed by atoms with Gasteiger partial charge in [0.05, 0.1) is 5.52 Å². The lowest BCUT2D eigenvalue weighted by Crippen LogP contribution is -2.27. The van der Waals surface area contributed by atoms with Gasteiger partial charge in [-0.25, -0.2) is 9.97 Å². The van der Waals surface area contributed by atoms with Gasteiger partial charge in [-0.05, 0) is 31.0 Å². The molecule has 1 aliphatic heterocycles. The van der Waals surface area contributed by atoms with Crippen molar-refractivity contribution in [3.8, 4) is 0 Å². The Labute approximate surface area is 128 Å². The molecule has 0 spiro atoms. The van der Waals surface area contributed by atoms with E-state index >= 15 is 0 Å². The van der Waals surface area contributed by atoms with Gasteiger partial charge >= 0.3 is 0 Å². The zero-order valence-electron chi connectivity index (χ0n) is 11.7. The van der Waals surface area contributed by atoms with E-state index in [0.29, 0.717) is 11.4 Å². The highest BCUT2D eigenvalue weighted by molar-refractivity contribution is 6.31. The number of hydrogen-bond acceptors (Lipinski definition) is 4. The van der Waals surface area contributed by atoms with Gasteiger partial charge in [0, 0.05) is 36.5 Å². The van der Waals surface area contributed by atoms with Crippen molar-refractivity contribution in [1.29, 1.82) is 0 Å². The molecule has 1 aromatic heterocycles. The summed E-state index contributed by atoms with van der Waals surface area (Å²) in [5.74, 6) is 1.06. The van der Waals surface area contributed by atoms with Crippen LogP contribution in [0.1, 0.15) is 19.3 Å². The molecule has 1 saturated heterocycles. The number of rotatable bonds is 5. The molecule has 1 fully saturated rings. The second-order valence-corrected chi connectivity index (χ2v) is 5.58. The van der Waals surface area contributed by atoms with E-state index in [9.17, 15) is 4.79 Å². The fourth-order valence-electron chi connectivity index (χ4n) is 2.59. The van der Waals surface area contributed by atoms with Gasteiger partial charge in [0.1, 0.15) is 12.1 Å². The van der Waals surface area contributed by atoms with Crippen molar-refractivity contribution < 1.29 is 4.79 Å². The molecule has 1 aliphatic rings. The highest BCUT2D eigenvalue weighted by Crippen LogP contribution is 2.22. The molecule has 21 heavy (non-hydrogen) atoms. The molecule has 2 heterocycles. The van der Waals surface area contributed by atoms with Gasteiger partial charge in [-0.15, -0.1) is 0 Å². The van der Waals surface area contributed by atoms with Gasteiger partial charge in [-0.3, -0.25) is 4.79 Å². The van der Waals surface area contributed by atoms with E-state index in [1.54, 1.807) is 6.33 Å². The Morgan fingerprint density at radius 1 is 1.33 bits per heavy atom. The third kappa shape index (κ3) is 3.24. The first-order valence-corrected chi connectivity index (χ1v) is 7.54. The second-order valence-electron chi connectivity index (χ2n) is 5.15. The number of amides is 1. The van der Waals surface area contributed by atoms with E-state index in [1.807, 2.05) is 23.1 Å². The number of hydrogen-bond donors (Lipinski definition) is 1. The largest absolute Gasteiger partial charge is 0.369 e. The van der Waals surface area contributed by atoms with E-state index in [2.05, 4.69) is 15.3 Å². The Morgan fingerprint density at radius 2 is 2.24 bits per heavy atom. The quantitative estimate of drug-likeness (QED) is 0.863. The molecule has 1 N–H and O–H groups in total. The molecular formula is C15H17ClN4O. The molecule has 0 atom stereocenters. The predicted molar refractivity (Wildman–Crippen MR) is 83.5 cm³/mol.